The number of carbonyl (C=O) groups excluding carboxylic acids is 3. The van der Waals surface area contributed by atoms with Crippen molar-refractivity contribution in [2.24, 2.45) is 5.92 Å². The number of fused-ring (bicyclic) bond motifs is 2. The number of hydrogen-bond acceptors (Lipinski definition) is 7. The Kier molecular flexibility index (Phi) is 7.67. The quantitative estimate of drug-likeness (QED) is 0.371. The number of amides is 3. The molecule has 220 valence electrons. The van der Waals surface area contributed by atoms with Crippen LogP contribution in [0.15, 0.2) is 52.3 Å². The van der Waals surface area contributed by atoms with E-state index in [1.807, 2.05) is 0 Å². The Morgan fingerprint density at radius 3 is 2.45 bits per heavy atom. The van der Waals surface area contributed by atoms with Gasteiger partial charge in [-0.2, -0.15) is 13.2 Å². The number of hydrogen-bond donors (Lipinski definition) is 0. The van der Waals surface area contributed by atoms with Crippen LogP contribution in [0.2, 0.25) is 10.0 Å². The van der Waals surface area contributed by atoms with Gasteiger partial charge in [-0.1, -0.05) is 64.5 Å². The summed E-state index contributed by atoms with van der Waals surface area (Å²) < 4.78 is 47.0. The van der Waals surface area contributed by atoms with Crippen molar-refractivity contribution in [2.75, 3.05) is 31.2 Å². The number of rotatable bonds is 4. The summed E-state index contributed by atoms with van der Waals surface area (Å²) in [7, 11) is 0. The van der Waals surface area contributed by atoms with Crippen molar-refractivity contribution in [1.82, 2.24) is 9.47 Å². The molecule has 0 radical (unpaired) electrons. The maximum Gasteiger partial charge on any atom is 0.416 e. The third kappa shape index (κ3) is 4.94. The number of benzene rings is 2. The minimum atomic E-state index is -4.69. The second-order valence-corrected chi connectivity index (χ2v) is 12.8. The van der Waals surface area contributed by atoms with E-state index in [-0.39, 0.29) is 28.2 Å². The number of halogens is 5. The summed E-state index contributed by atoms with van der Waals surface area (Å²) in [6, 6.07) is 8.81. The van der Waals surface area contributed by atoms with E-state index in [1.165, 1.54) is 10.6 Å². The van der Waals surface area contributed by atoms with E-state index in [4.69, 9.17) is 27.9 Å². The number of morpholine rings is 1. The first-order valence-electron chi connectivity index (χ1n) is 12.7. The molecule has 42 heavy (non-hydrogen) atoms. The molecule has 6 rings (SSSR count). The third-order valence-corrected chi connectivity index (χ3v) is 10.9. The van der Waals surface area contributed by atoms with E-state index in [2.05, 4.69) is 0 Å². The van der Waals surface area contributed by atoms with Crippen LogP contribution >= 0.6 is 46.3 Å². The van der Waals surface area contributed by atoms with Crippen molar-refractivity contribution in [3.8, 4) is 0 Å². The van der Waals surface area contributed by atoms with Gasteiger partial charge in [-0.05, 0) is 29.8 Å². The number of alkyl halides is 3. The molecule has 0 aliphatic carbocycles. The van der Waals surface area contributed by atoms with Gasteiger partial charge in [-0.3, -0.25) is 23.7 Å². The molecule has 15 heteroatoms. The summed E-state index contributed by atoms with van der Waals surface area (Å²) >= 11 is 14.7. The van der Waals surface area contributed by atoms with E-state index < -0.39 is 45.5 Å². The molecular formula is C27H20Cl2F3N3O5S2. The van der Waals surface area contributed by atoms with Crippen LogP contribution in [0.1, 0.15) is 21.9 Å². The highest BCUT2D eigenvalue weighted by molar-refractivity contribution is 8.00. The average Bonchev–Trinajstić information content (AvgIpc) is 3.41. The molecule has 3 aliphatic rings. The summed E-state index contributed by atoms with van der Waals surface area (Å²) in [6.45, 7) is 1.20. The lowest BCUT2D eigenvalue weighted by atomic mass is 9.83. The van der Waals surface area contributed by atoms with Crippen molar-refractivity contribution in [3.05, 3.63) is 78.2 Å². The zero-order chi connectivity index (χ0) is 29.9. The van der Waals surface area contributed by atoms with Crippen LogP contribution in [0, 0.1) is 5.92 Å². The number of nitrogens with zero attached hydrogens (tertiary/aromatic N) is 3. The average molecular weight is 659 g/mol. The van der Waals surface area contributed by atoms with Gasteiger partial charge in [0.25, 0.3) is 0 Å². The smallest absolute Gasteiger partial charge is 0.378 e. The molecule has 3 unspecified atom stereocenters. The Labute approximate surface area is 254 Å². The van der Waals surface area contributed by atoms with Crippen molar-refractivity contribution < 1.29 is 32.3 Å². The van der Waals surface area contributed by atoms with Gasteiger partial charge in [0, 0.05) is 23.9 Å². The molecule has 2 saturated heterocycles. The lowest BCUT2D eigenvalue weighted by molar-refractivity contribution is -0.138. The molecule has 3 atom stereocenters. The summed E-state index contributed by atoms with van der Waals surface area (Å²) in [5.74, 6) is -3.77. The molecule has 0 spiro atoms. The third-order valence-electron chi connectivity index (χ3n) is 7.45. The number of aromatic nitrogens is 1. The number of ether oxygens (including phenoxy) is 1. The van der Waals surface area contributed by atoms with Crippen LogP contribution in [-0.2, 0) is 31.8 Å². The SMILES string of the molecule is O=C(Cn1c2c(sc1=O)C(c1cccc(Cl)c1Cl)C1C(=O)N(c3cccc(C(F)(F)F)c3)C(=O)C1S2)N1CCOCC1. The molecule has 3 amide bonds. The lowest BCUT2D eigenvalue weighted by Gasteiger charge is -2.31. The summed E-state index contributed by atoms with van der Waals surface area (Å²) in [4.78, 5) is 56.5. The van der Waals surface area contributed by atoms with Crippen molar-refractivity contribution in [2.45, 2.75) is 28.9 Å². The first kappa shape index (κ1) is 29.2. The van der Waals surface area contributed by atoms with Crippen LogP contribution in [-0.4, -0.2) is 58.7 Å². The summed E-state index contributed by atoms with van der Waals surface area (Å²) in [5.41, 5.74) is -0.832. The number of thioether (sulfide) groups is 1. The molecule has 3 aromatic rings. The number of thiazole rings is 1. The standard InChI is InChI=1S/C27H20Cl2F3N3O5S2/c28-16-6-2-5-15(20(16)29)18-19-21(24(38)35(23(19)37)14-4-1-3-13(11-14)27(30,31)32)41-25-22(18)42-26(39)34(25)12-17(36)33-7-9-40-10-8-33/h1-6,11,18-19,21H,7-10,12H2. The fourth-order valence-electron chi connectivity index (χ4n) is 5.47. The summed E-state index contributed by atoms with van der Waals surface area (Å²) in [6.07, 6.45) is -4.69. The fourth-order valence-corrected chi connectivity index (χ4v) is 8.66. The first-order valence-corrected chi connectivity index (χ1v) is 15.2. The molecule has 2 fully saturated rings. The normalized spacial score (nSPS) is 22.4. The highest BCUT2D eigenvalue weighted by atomic mass is 35.5. The van der Waals surface area contributed by atoms with Gasteiger partial charge in [-0.15, -0.1) is 0 Å². The van der Waals surface area contributed by atoms with Gasteiger partial charge in [0.15, 0.2) is 0 Å². The van der Waals surface area contributed by atoms with Gasteiger partial charge in [-0.25, -0.2) is 4.90 Å². The van der Waals surface area contributed by atoms with Crippen LogP contribution in [0.5, 0.6) is 0 Å². The van der Waals surface area contributed by atoms with Crippen molar-refractivity contribution >= 4 is 69.7 Å². The molecule has 0 saturated carbocycles. The Hall–Kier alpha value is -2.84. The number of imide groups is 1. The monoisotopic (exact) mass is 657 g/mol. The second-order valence-electron chi connectivity index (χ2n) is 9.86. The molecule has 8 nitrogen and oxygen atoms in total. The van der Waals surface area contributed by atoms with Gasteiger partial charge in [0.2, 0.25) is 17.7 Å². The van der Waals surface area contributed by atoms with Crippen LogP contribution in [0.25, 0.3) is 0 Å². The van der Waals surface area contributed by atoms with Gasteiger partial charge < -0.3 is 9.64 Å². The van der Waals surface area contributed by atoms with Gasteiger partial charge >= 0.3 is 11.0 Å². The molecule has 1 aromatic heterocycles. The van der Waals surface area contributed by atoms with Gasteiger partial charge in [0.05, 0.1) is 45.5 Å². The van der Waals surface area contributed by atoms with E-state index >= 15 is 0 Å². The van der Waals surface area contributed by atoms with Crippen molar-refractivity contribution in [3.63, 3.8) is 0 Å². The van der Waals surface area contributed by atoms with Crippen LogP contribution < -0.4 is 9.77 Å². The topological polar surface area (TPSA) is 88.9 Å². The highest BCUT2D eigenvalue weighted by Gasteiger charge is 2.57. The van der Waals surface area contributed by atoms with E-state index in [9.17, 15) is 32.3 Å². The minimum Gasteiger partial charge on any atom is -0.378 e. The lowest BCUT2D eigenvalue weighted by Crippen LogP contribution is -2.43. The predicted octanol–water partition coefficient (Wildman–Crippen LogP) is 4.89. The largest absolute Gasteiger partial charge is 0.416 e. The Bertz CT molecular complexity index is 1670. The predicted molar refractivity (Wildman–Crippen MR) is 151 cm³/mol. The minimum absolute atomic E-state index is 0.121. The van der Waals surface area contributed by atoms with Gasteiger partial charge in [0.1, 0.15) is 11.8 Å². The van der Waals surface area contributed by atoms with Crippen LogP contribution in [0.3, 0.4) is 0 Å². The molecule has 2 aromatic carbocycles. The summed E-state index contributed by atoms with van der Waals surface area (Å²) in [5, 5.41) is -0.458. The van der Waals surface area contributed by atoms with Crippen LogP contribution in [0.4, 0.5) is 18.9 Å². The molecular weight excluding hydrogens is 638 g/mol. The van der Waals surface area contributed by atoms with E-state index in [0.29, 0.717) is 41.8 Å². The fraction of sp³-hybridized carbons (Fsp3) is 0.333. The van der Waals surface area contributed by atoms with E-state index in [0.717, 1.165) is 46.2 Å². The second kappa shape index (κ2) is 11.0. The Morgan fingerprint density at radius 1 is 1.02 bits per heavy atom. The number of carbonyl (C=O) groups is 3. The van der Waals surface area contributed by atoms with Crippen molar-refractivity contribution in [1.29, 1.82) is 0 Å². The Balaban J connectivity index is 1.46. The molecule has 3 aliphatic heterocycles. The van der Waals surface area contributed by atoms with E-state index in [1.54, 1.807) is 23.1 Å². The molecule has 0 N–H and O–H groups in total. The Morgan fingerprint density at radius 2 is 1.74 bits per heavy atom. The zero-order valence-corrected chi connectivity index (χ0v) is 24.5. The maximum absolute atomic E-state index is 14.0. The molecule has 0 bridgehead atoms. The molecule has 4 heterocycles. The number of anilines is 1. The highest BCUT2D eigenvalue weighted by Crippen LogP contribution is 2.55. The first-order chi connectivity index (χ1) is 20.0. The zero-order valence-electron chi connectivity index (χ0n) is 21.4. The maximum atomic E-state index is 14.0.